The topological polar surface area (TPSA) is 91.4 Å². The third-order valence-corrected chi connectivity index (χ3v) is 3.30. The molecule has 0 aliphatic carbocycles. The van der Waals surface area contributed by atoms with Gasteiger partial charge in [0.1, 0.15) is 5.84 Å². The predicted octanol–water partition coefficient (Wildman–Crippen LogP) is 1.08. The lowest BCUT2D eigenvalue weighted by Gasteiger charge is -2.33. The molecule has 0 bridgehead atoms. The molecule has 1 aromatic rings. The van der Waals surface area contributed by atoms with Crippen molar-refractivity contribution in [3.8, 4) is 0 Å². The molecular weight excluding hydrogens is 272 g/mol. The molecule has 0 spiro atoms. The summed E-state index contributed by atoms with van der Waals surface area (Å²) in [5, 5.41) is 11.6. The number of morpholine rings is 1. The van der Waals surface area contributed by atoms with Crippen LogP contribution in [-0.2, 0) is 4.74 Å². The summed E-state index contributed by atoms with van der Waals surface area (Å²) in [4.78, 5) is 16.0. The fourth-order valence-electron chi connectivity index (χ4n) is 2.14. The zero-order valence-electron chi connectivity index (χ0n) is 11.8. The average Bonchev–Trinajstić information content (AvgIpc) is 2.56. The van der Waals surface area contributed by atoms with E-state index in [4.69, 9.17) is 15.7 Å². The molecule has 7 heteroatoms. The van der Waals surface area contributed by atoms with E-state index in [9.17, 15) is 4.79 Å². The maximum absolute atomic E-state index is 12.7. The molecule has 0 aromatic heterocycles. The summed E-state index contributed by atoms with van der Waals surface area (Å²) in [7, 11) is 0. The molecular formula is C14H20N4O3. The van der Waals surface area contributed by atoms with E-state index in [1.54, 1.807) is 9.80 Å². The van der Waals surface area contributed by atoms with Crippen molar-refractivity contribution >= 4 is 17.6 Å². The Hall–Kier alpha value is -2.28. The number of carbonyl (C=O) groups is 1. The summed E-state index contributed by atoms with van der Waals surface area (Å²) in [5.41, 5.74) is 6.30. The van der Waals surface area contributed by atoms with Crippen molar-refractivity contribution in [3.05, 3.63) is 30.3 Å². The Bertz CT molecular complexity index is 486. The van der Waals surface area contributed by atoms with Gasteiger partial charge in [0.15, 0.2) is 0 Å². The minimum Gasteiger partial charge on any atom is -0.409 e. The molecule has 0 atom stereocenters. The third kappa shape index (κ3) is 4.09. The number of oxime groups is 1. The smallest absolute Gasteiger partial charge is 0.324 e. The third-order valence-electron chi connectivity index (χ3n) is 3.30. The van der Waals surface area contributed by atoms with Crippen LogP contribution in [0.15, 0.2) is 35.5 Å². The fraction of sp³-hybridized carbons (Fsp3) is 0.429. The van der Waals surface area contributed by atoms with Crippen LogP contribution in [0.5, 0.6) is 0 Å². The number of anilines is 1. The lowest BCUT2D eigenvalue weighted by molar-refractivity contribution is 0.0549. The van der Waals surface area contributed by atoms with Gasteiger partial charge in [-0.05, 0) is 12.1 Å². The van der Waals surface area contributed by atoms with Gasteiger partial charge in [-0.25, -0.2) is 4.79 Å². The maximum Gasteiger partial charge on any atom is 0.324 e. The summed E-state index contributed by atoms with van der Waals surface area (Å²) in [5.74, 6) is 0.103. The van der Waals surface area contributed by atoms with E-state index < -0.39 is 0 Å². The van der Waals surface area contributed by atoms with Gasteiger partial charge in [0.2, 0.25) is 0 Å². The molecule has 3 N–H and O–H groups in total. The second-order valence-corrected chi connectivity index (χ2v) is 4.71. The van der Waals surface area contributed by atoms with E-state index in [2.05, 4.69) is 5.16 Å². The SMILES string of the molecule is NC(CCN(C(=O)N1CCOCC1)c1ccccc1)=NO. The molecule has 1 aromatic carbocycles. The standard InChI is InChI=1S/C14H20N4O3/c15-13(16-20)6-7-18(12-4-2-1-3-5-12)14(19)17-8-10-21-11-9-17/h1-5,20H,6-11H2,(H2,15,16). The number of amidine groups is 1. The number of para-hydroxylation sites is 1. The van der Waals surface area contributed by atoms with Gasteiger partial charge in [-0.2, -0.15) is 0 Å². The zero-order valence-corrected chi connectivity index (χ0v) is 11.8. The van der Waals surface area contributed by atoms with Crippen molar-refractivity contribution < 1.29 is 14.7 Å². The van der Waals surface area contributed by atoms with Crippen LogP contribution in [0.2, 0.25) is 0 Å². The summed E-state index contributed by atoms with van der Waals surface area (Å²) in [6.45, 7) is 2.61. The van der Waals surface area contributed by atoms with Gasteiger partial charge in [-0.15, -0.1) is 0 Å². The number of hydrogen-bond donors (Lipinski definition) is 2. The van der Waals surface area contributed by atoms with Crippen molar-refractivity contribution in [2.24, 2.45) is 10.9 Å². The second kappa shape index (κ2) is 7.49. The maximum atomic E-state index is 12.7. The van der Waals surface area contributed by atoms with Crippen LogP contribution in [0, 0.1) is 0 Å². The van der Waals surface area contributed by atoms with Gasteiger partial charge < -0.3 is 20.6 Å². The first-order valence-electron chi connectivity index (χ1n) is 6.88. The molecule has 1 saturated heterocycles. The number of amides is 2. The second-order valence-electron chi connectivity index (χ2n) is 4.71. The largest absolute Gasteiger partial charge is 0.409 e. The highest BCUT2D eigenvalue weighted by Crippen LogP contribution is 2.16. The van der Waals surface area contributed by atoms with E-state index in [0.717, 1.165) is 5.69 Å². The number of nitrogens with zero attached hydrogens (tertiary/aromatic N) is 3. The van der Waals surface area contributed by atoms with Crippen molar-refractivity contribution in [2.45, 2.75) is 6.42 Å². The molecule has 1 aliphatic rings. The number of benzene rings is 1. The van der Waals surface area contributed by atoms with Crippen molar-refractivity contribution in [2.75, 3.05) is 37.7 Å². The summed E-state index contributed by atoms with van der Waals surface area (Å²) < 4.78 is 5.27. The van der Waals surface area contributed by atoms with Crippen LogP contribution >= 0.6 is 0 Å². The van der Waals surface area contributed by atoms with E-state index in [0.29, 0.717) is 39.3 Å². The van der Waals surface area contributed by atoms with Crippen LogP contribution in [0.3, 0.4) is 0 Å². The van der Waals surface area contributed by atoms with Gasteiger partial charge in [0.25, 0.3) is 0 Å². The Balaban J connectivity index is 2.12. The summed E-state index contributed by atoms with van der Waals surface area (Å²) in [6.07, 6.45) is 0.307. The van der Waals surface area contributed by atoms with Crippen LogP contribution in [-0.4, -0.2) is 54.8 Å². The number of urea groups is 1. The molecule has 7 nitrogen and oxygen atoms in total. The van der Waals surface area contributed by atoms with Crippen molar-refractivity contribution in [1.29, 1.82) is 0 Å². The van der Waals surface area contributed by atoms with Crippen LogP contribution in [0.25, 0.3) is 0 Å². The number of carbonyl (C=O) groups excluding carboxylic acids is 1. The lowest BCUT2D eigenvalue weighted by atomic mass is 10.2. The number of hydrogen-bond acceptors (Lipinski definition) is 4. The van der Waals surface area contributed by atoms with E-state index in [1.807, 2.05) is 30.3 Å². The highest BCUT2D eigenvalue weighted by Gasteiger charge is 2.24. The van der Waals surface area contributed by atoms with E-state index in [1.165, 1.54) is 0 Å². The molecule has 21 heavy (non-hydrogen) atoms. The lowest BCUT2D eigenvalue weighted by Crippen LogP contribution is -2.49. The quantitative estimate of drug-likeness (QED) is 0.376. The van der Waals surface area contributed by atoms with Gasteiger partial charge in [0, 0.05) is 31.7 Å². The summed E-state index contributed by atoms with van der Waals surface area (Å²) in [6, 6.07) is 9.28. The van der Waals surface area contributed by atoms with Crippen LogP contribution in [0.4, 0.5) is 10.5 Å². The molecule has 114 valence electrons. The fourth-order valence-corrected chi connectivity index (χ4v) is 2.14. The van der Waals surface area contributed by atoms with Gasteiger partial charge >= 0.3 is 6.03 Å². The van der Waals surface area contributed by atoms with Gasteiger partial charge in [-0.1, -0.05) is 23.4 Å². The Morgan fingerprint density at radius 3 is 2.62 bits per heavy atom. The van der Waals surface area contributed by atoms with Gasteiger partial charge in [-0.3, -0.25) is 4.90 Å². The molecule has 0 unspecified atom stereocenters. The molecule has 1 fully saturated rings. The van der Waals surface area contributed by atoms with Crippen molar-refractivity contribution in [3.63, 3.8) is 0 Å². The first-order chi connectivity index (χ1) is 10.2. The molecule has 0 radical (unpaired) electrons. The Morgan fingerprint density at radius 2 is 2.00 bits per heavy atom. The normalized spacial score (nSPS) is 15.8. The molecule has 2 rings (SSSR count). The molecule has 2 amide bonds. The Kier molecular flexibility index (Phi) is 5.39. The van der Waals surface area contributed by atoms with Crippen LogP contribution in [0.1, 0.15) is 6.42 Å². The number of ether oxygens (including phenoxy) is 1. The minimum absolute atomic E-state index is 0.0877. The first-order valence-corrected chi connectivity index (χ1v) is 6.88. The first kappa shape index (κ1) is 15.1. The highest BCUT2D eigenvalue weighted by molar-refractivity contribution is 5.93. The minimum atomic E-state index is -0.0877. The van der Waals surface area contributed by atoms with Crippen LogP contribution < -0.4 is 10.6 Å². The Labute approximate surface area is 123 Å². The van der Waals surface area contributed by atoms with E-state index in [-0.39, 0.29) is 11.9 Å². The zero-order chi connectivity index (χ0) is 15.1. The predicted molar refractivity (Wildman–Crippen MR) is 79.6 cm³/mol. The highest BCUT2D eigenvalue weighted by atomic mass is 16.5. The average molecular weight is 292 g/mol. The van der Waals surface area contributed by atoms with E-state index >= 15 is 0 Å². The number of rotatable bonds is 4. The van der Waals surface area contributed by atoms with Crippen molar-refractivity contribution in [1.82, 2.24) is 4.90 Å². The molecule has 1 aliphatic heterocycles. The molecule has 1 heterocycles. The molecule has 0 saturated carbocycles. The monoisotopic (exact) mass is 292 g/mol. The van der Waals surface area contributed by atoms with Gasteiger partial charge in [0.05, 0.1) is 13.2 Å². The number of nitrogens with two attached hydrogens (primary N) is 1. The summed E-state index contributed by atoms with van der Waals surface area (Å²) >= 11 is 0. The Morgan fingerprint density at radius 1 is 1.33 bits per heavy atom.